The third kappa shape index (κ3) is 4.96. The number of amides is 1. The van der Waals surface area contributed by atoms with Crippen LogP contribution >= 0.6 is 0 Å². The molecule has 128 valence electrons. The molecule has 0 saturated carbocycles. The van der Waals surface area contributed by atoms with Gasteiger partial charge in [0.05, 0.1) is 0 Å². The lowest BCUT2D eigenvalue weighted by Gasteiger charge is -2.35. The lowest BCUT2D eigenvalue weighted by molar-refractivity contribution is -0.129. The third-order valence-corrected chi connectivity index (χ3v) is 4.63. The fourth-order valence-electron chi connectivity index (χ4n) is 3.02. The number of aryl methyl sites for hydroxylation is 1. The monoisotopic (exact) mass is 318 g/mol. The number of para-hydroxylation sites is 1. The van der Waals surface area contributed by atoms with E-state index >= 15 is 0 Å². The fraction of sp³-hybridized carbons (Fsp3) is 0.632. The summed E-state index contributed by atoms with van der Waals surface area (Å²) < 4.78 is 5.93. The second-order valence-electron chi connectivity index (χ2n) is 6.69. The zero-order chi connectivity index (χ0) is 16.8. The highest BCUT2D eigenvalue weighted by atomic mass is 16.5. The van der Waals surface area contributed by atoms with Gasteiger partial charge in [0, 0.05) is 25.2 Å². The molecular formula is C19H30N2O2. The van der Waals surface area contributed by atoms with E-state index in [1.807, 2.05) is 38.1 Å². The average molecular weight is 318 g/mol. The van der Waals surface area contributed by atoms with Crippen molar-refractivity contribution in [2.75, 3.05) is 13.1 Å². The first kappa shape index (κ1) is 17.8. The molecule has 0 aliphatic carbocycles. The molecule has 1 N–H and O–H groups in total. The number of nitrogens with one attached hydrogen (secondary N) is 1. The molecule has 1 atom stereocenters. The predicted octanol–water partition coefficient (Wildman–Crippen LogP) is 3.14. The van der Waals surface area contributed by atoms with Gasteiger partial charge in [-0.25, -0.2) is 0 Å². The Labute approximate surface area is 140 Å². The Balaban J connectivity index is 1.87. The summed E-state index contributed by atoms with van der Waals surface area (Å²) in [5.41, 5.74) is 1.06. The number of ether oxygens (including phenoxy) is 1. The first-order valence-corrected chi connectivity index (χ1v) is 8.78. The molecule has 0 aromatic heterocycles. The summed E-state index contributed by atoms with van der Waals surface area (Å²) in [5, 5.41) is 3.18. The summed E-state index contributed by atoms with van der Waals surface area (Å²) in [7, 11) is 0. The largest absolute Gasteiger partial charge is 0.480 e. The molecule has 1 aromatic carbocycles. The fourth-order valence-corrected chi connectivity index (χ4v) is 3.02. The van der Waals surface area contributed by atoms with Crippen LogP contribution in [0.3, 0.4) is 0 Å². The maximum absolute atomic E-state index is 12.5. The van der Waals surface area contributed by atoms with Crippen molar-refractivity contribution in [2.45, 2.75) is 65.1 Å². The van der Waals surface area contributed by atoms with Crippen molar-refractivity contribution in [2.24, 2.45) is 0 Å². The van der Waals surface area contributed by atoms with Crippen molar-refractivity contribution >= 4 is 5.91 Å². The number of likely N-dealkylation sites (tertiary alicyclic amines) is 1. The van der Waals surface area contributed by atoms with E-state index in [1.54, 1.807) is 0 Å². The van der Waals surface area contributed by atoms with Crippen LogP contribution in [0, 0.1) is 6.92 Å². The topological polar surface area (TPSA) is 41.6 Å². The quantitative estimate of drug-likeness (QED) is 0.876. The van der Waals surface area contributed by atoms with Crippen LogP contribution in [0.25, 0.3) is 0 Å². The summed E-state index contributed by atoms with van der Waals surface area (Å²) in [6, 6.07) is 8.69. The summed E-state index contributed by atoms with van der Waals surface area (Å²) in [4.78, 5) is 15.0. The Morgan fingerprint density at radius 3 is 2.52 bits per heavy atom. The van der Waals surface area contributed by atoms with Crippen LogP contribution in [0.1, 0.15) is 45.6 Å². The van der Waals surface area contributed by atoms with Gasteiger partial charge < -0.3 is 15.0 Å². The molecule has 1 heterocycles. The first-order chi connectivity index (χ1) is 11.0. The summed E-state index contributed by atoms with van der Waals surface area (Å²) in [5.74, 6) is 0.808. The van der Waals surface area contributed by atoms with E-state index in [4.69, 9.17) is 4.74 Å². The molecule has 2 rings (SSSR count). The van der Waals surface area contributed by atoms with Crippen LogP contribution in [-0.2, 0) is 4.79 Å². The Morgan fingerprint density at radius 1 is 1.30 bits per heavy atom. The van der Waals surface area contributed by atoms with Crippen LogP contribution in [0.2, 0.25) is 0 Å². The van der Waals surface area contributed by atoms with Gasteiger partial charge in [-0.1, -0.05) is 25.1 Å². The number of hydrogen-bond acceptors (Lipinski definition) is 3. The highest BCUT2D eigenvalue weighted by Gasteiger charge is 2.25. The maximum Gasteiger partial charge on any atom is 0.261 e. The van der Waals surface area contributed by atoms with Crippen LogP contribution in [-0.4, -0.2) is 42.1 Å². The molecule has 1 aromatic rings. The van der Waals surface area contributed by atoms with Gasteiger partial charge in [-0.3, -0.25) is 4.79 Å². The lowest BCUT2D eigenvalue weighted by Crippen LogP contribution is -2.49. The van der Waals surface area contributed by atoms with E-state index in [1.165, 1.54) is 0 Å². The number of carbonyl (C=O) groups excluding carboxylic acids is 1. The van der Waals surface area contributed by atoms with Crippen molar-refractivity contribution in [3.63, 3.8) is 0 Å². The van der Waals surface area contributed by atoms with Crippen molar-refractivity contribution in [1.82, 2.24) is 10.2 Å². The van der Waals surface area contributed by atoms with Gasteiger partial charge in [0.15, 0.2) is 6.10 Å². The van der Waals surface area contributed by atoms with Crippen LogP contribution < -0.4 is 10.1 Å². The number of piperidine rings is 1. The zero-order valence-electron chi connectivity index (χ0n) is 14.8. The zero-order valence-corrected chi connectivity index (χ0v) is 14.8. The summed E-state index contributed by atoms with van der Waals surface area (Å²) in [6.45, 7) is 10.5. The van der Waals surface area contributed by atoms with Gasteiger partial charge in [-0.05, 0) is 51.7 Å². The molecule has 1 aliphatic heterocycles. The molecule has 0 bridgehead atoms. The van der Waals surface area contributed by atoms with E-state index in [2.05, 4.69) is 24.1 Å². The van der Waals surface area contributed by atoms with Gasteiger partial charge in [0.25, 0.3) is 5.91 Å². The van der Waals surface area contributed by atoms with Crippen LogP contribution in [0.15, 0.2) is 24.3 Å². The van der Waals surface area contributed by atoms with Crippen LogP contribution in [0.5, 0.6) is 5.75 Å². The second kappa shape index (κ2) is 8.34. The molecule has 4 heteroatoms. The van der Waals surface area contributed by atoms with E-state index in [-0.39, 0.29) is 11.9 Å². The molecule has 0 unspecified atom stereocenters. The smallest absolute Gasteiger partial charge is 0.261 e. The van der Waals surface area contributed by atoms with Gasteiger partial charge in [-0.2, -0.15) is 0 Å². The normalized spacial score (nSPS) is 18.0. The Bertz CT molecular complexity index is 508. The summed E-state index contributed by atoms with van der Waals surface area (Å²) >= 11 is 0. The molecule has 1 aliphatic rings. The van der Waals surface area contributed by atoms with Gasteiger partial charge in [0.1, 0.15) is 5.75 Å². The third-order valence-electron chi connectivity index (χ3n) is 4.63. The SMILES string of the molecule is CC[C@@H](Oc1ccccc1C)C(=O)NC1CCN(C(C)C)CC1. The van der Waals surface area contributed by atoms with Crippen molar-refractivity contribution in [1.29, 1.82) is 0 Å². The Hall–Kier alpha value is -1.55. The molecular weight excluding hydrogens is 288 g/mol. The molecule has 0 spiro atoms. The molecule has 4 nitrogen and oxygen atoms in total. The Kier molecular flexibility index (Phi) is 6.46. The van der Waals surface area contributed by atoms with Crippen molar-refractivity contribution in [3.8, 4) is 5.75 Å². The predicted molar refractivity (Wildman–Crippen MR) is 93.8 cm³/mol. The molecule has 0 radical (unpaired) electrons. The molecule has 23 heavy (non-hydrogen) atoms. The number of nitrogens with zero attached hydrogens (tertiary/aromatic N) is 1. The maximum atomic E-state index is 12.5. The number of carbonyl (C=O) groups is 1. The van der Waals surface area contributed by atoms with E-state index < -0.39 is 6.10 Å². The Morgan fingerprint density at radius 2 is 1.96 bits per heavy atom. The minimum absolute atomic E-state index is 0.0127. The van der Waals surface area contributed by atoms with E-state index in [0.717, 1.165) is 37.2 Å². The van der Waals surface area contributed by atoms with Gasteiger partial charge in [0.2, 0.25) is 0 Å². The molecule has 1 saturated heterocycles. The van der Waals surface area contributed by atoms with Crippen molar-refractivity contribution in [3.05, 3.63) is 29.8 Å². The number of hydrogen-bond donors (Lipinski definition) is 1. The highest BCUT2D eigenvalue weighted by molar-refractivity contribution is 5.81. The standard InChI is InChI=1S/C19H30N2O2/c1-5-17(23-18-9-7-6-8-15(18)4)19(22)20-16-10-12-21(13-11-16)14(2)3/h6-9,14,16-17H,5,10-13H2,1-4H3,(H,20,22)/t17-/m1/s1. The first-order valence-electron chi connectivity index (χ1n) is 8.78. The number of benzene rings is 1. The van der Waals surface area contributed by atoms with Gasteiger partial charge in [-0.15, -0.1) is 0 Å². The second-order valence-corrected chi connectivity index (χ2v) is 6.69. The summed E-state index contributed by atoms with van der Waals surface area (Å²) in [6.07, 6.45) is 2.29. The molecule has 1 amide bonds. The minimum Gasteiger partial charge on any atom is -0.480 e. The highest BCUT2D eigenvalue weighted by Crippen LogP contribution is 2.19. The number of rotatable bonds is 6. The van der Waals surface area contributed by atoms with E-state index in [0.29, 0.717) is 12.5 Å². The van der Waals surface area contributed by atoms with E-state index in [9.17, 15) is 4.79 Å². The minimum atomic E-state index is -0.417. The lowest BCUT2D eigenvalue weighted by atomic mass is 10.0. The average Bonchev–Trinajstić information content (AvgIpc) is 2.54. The molecule has 1 fully saturated rings. The van der Waals surface area contributed by atoms with Crippen LogP contribution in [0.4, 0.5) is 0 Å². The van der Waals surface area contributed by atoms with Gasteiger partial charge >= 0.3 is 0 Å². The van der Waals surface area contributed by atoms with Crippen molar-refractivity contribution < 1.29 is 9.53 Å².